The zero-order valence-electron chi connectivity index (χ0n) is 18.9. The number of nitrogens with zero attached hydrogens (tertiary/aromatic N) is 4. The Morgan fingerprint density at radius 3 is 2.82 bits per heavy atom. The lowest BCUT2D eigenvalue weighted by Gasteiger charge is -2.30. The van der Waals surface area contributed by atoms with Crippen molar-refractivity contribution in [3.63, 3.8) is 0 Å². The Morgan fingerprint density at radius 2 is 2.03 bits per heavy atom. The zero-order chi connectivity index (χ0) is 22.8. The summed E-state index contributed by atoms with van der Waals surface area (Å²) in [6.45, 7) is 5.09. The summed E-state index contributed by atoms with van der Waals surface area (Å²) < 4.78 is 0. The van der Waals surface area contributed by atoms with Crippen LogP contribution < -0.4 is 10.6 Å². The van der Waals surface area contributed by atoms with E-state index in [0.29, 0.717) is 11.1 Å². The average Bonchev–Trinajstić information content (AvgIpc) is 3.47. The predicted molar refractivity (Wildman–Crippen MR) is 130 cm³/mol. The van der Waals surface area contributed by atoms with E-state index in [4.69, 9.17) is 16.6 Å². The number of aromatic nitrogens is 4. The third-order valence-corrected chi connectivity index (χ3v) is 7.11. The van der Waals surface area contributed by atoms with Crippen LogP contribution >= 0.6 is 11.6 Å². The van der Waals surface area contributed by atoms with Crippen molar-refractivity contribution in [2.24, 2.45) is 5.92 Å². The second kappa shape index (κ2) is 9.65. The van der Waals surface area contributed by atoms with Crippen LogP contribution in [0.3, 0.4) is 0 Å². The van der Waals surface area contributed by atoms with Crippen LogP contribution in [0.4, 0.5) is 5.95 Å². The molecule has 0 aromatic carbocycles. The maximum absolute atomic E-state index is 12.6. The summed E-state index contributed by atoms with van der Waals surface area (Å²) in [7, 11) is 0. The van der Waals surface area contributed by atoms with Gasteiger partial charge >= 0.3 is 0 Å². The Bertz CT molecular complexity index is 1120. The fourth-order valence-electron chi connectivity index (χ4n) is 5.01. The fourth-order valence-corrected chi connectivity index (χ4v) is 5.19. The van der Waals surface area contributed by atoms with Gasteiger partial charge in [0.1, 0.15) is 10.8 Å². The van der Waals surface area contributed by atoms with Gasteiger partial charge in [0.2, 0.25) is 11.9 Å². The molecule has 0 spiro atoms. The number of likely N-dealkylation sites (tertiary alicyclic amines) is 1. The number of hydrogen-bond acceptors (Lipinski definition) is 6. The number of anilines is 1. The van der Waals surface area contributed by atoms with Crippen LogP contribution in [0, 0.1) is 5.92 Å². The number of carbonyl (C=O) groups is 1. The number of H-pyrrole nitrogens is 1. The molecule has 3 aromatic heterocycles. The average molecular weight is 468 g/mol. The molecule has 3 N–H and O–H groups in total. The minimum atomic E-state index is 0.138. The van der Waals surface area contributed by atoms with Gasteiger partial charge in [-0.15, -0.1) is 0 Å². The quantitative estimate of drug-likeness (QED) is 0.476. The van der Waals surface area contributed by atoms with Crippen LogP contribution in [0.1, 0.15) is 39.0 Å². The first-order valence-corrected chi connectivity index (χ1v) is 12.2. The molecule has 8 nitrogen and oxygen atoms in total. The highest BCUT2D eigenvalue weighted by atomic mass is 35.5. The van der Waals surface area contributed by atoms with E-state index in [-0.39, 0.29) is 23.9 Å². The maximum Gasteiger partial charge on any atom is 0.224 e. The summed E-state index contributed by atoms with van der Waals surface area (Å²) in [6, 6.07) is 6.21. The van der Waals surface area contributed by atoms with Crippen LogP contribution in [-0.4, -0.2) is 62.5 Å². The standard InChI is InChI=1S/C24H30ClN7O/c1-2-32-11-9-15(14-32)23(33)28-16-5-7-17(8-6-16)29-24-30-20(12-21(25)31-24)19-13-27-22-18(19)4-3-10-26-22/h3-4,10,12-13,15-17H,2,5-9,11,14H2,1H3,(H,26,27)(H,28,33)(H,29,30,31)/t15?,16-,17-. The number of fused-ring (bicyclic) bond motifs is 1. The van der Waals surface area contributed by atoms with E-state index >= 15 is 0 Å². The summed E-state index contributed by atoms with van der Waals surface area (Å²) in [5, 5.41) is 8.15. The highest BCUT2D eigenvalue weighted by molar-refractivity contribution is 6.29. The Balaban J connectivity index is 1.19. The van der Waals surface area contributed by atoms with Crippen molar-refractivity contribution >= 4 is 34.5 Å². The molecule has 0 radical (unpaired) electrons. The molecule has 1 saturated heterocycles. The summed E-state index contributed by atoms with van der Waals surface area (Å²) in [4.78, 5) is 31.6. The monoisotopic (exact) mass is 467 g/mol. The van der Waals surface area contributed by atoms with E-state index in [1.54, 1.807) is 12.3 Å². The van der Waals surface area contributed by atoms with Crippen LogP contribution in [-0.2, 0) is 4.79 Å². The summed E-state index contributed by atoms with van der Waals surface area (Å²) >= 11 is 6.33. The van der Waals surface area contributed by atoms with Crippen LogP contribution in [0.2, 0.25) is 5.15 Å². The molecule has 9 heteroatoms. The molecule has 4 heterocycles. The summed E-state index contributed by atoms with van der Waals surface area (Å²) in [5.41, 5.74) is 2.53. The minimum Gasteiger partial charge on any atom is -0.353 e. The summed E-state index contributed by atoms with van der Waals surface area (Å²) in [6.07, 6.45) is 8.45. The largest absolute Gasteiger partial charge is 0.353 e. The lowest BCUT2D eigenvalue weighted by Crippen LogP contribution is -2.43. The Labute approximate surface area is 198 Å². The van der Waals surface area contributed by atoms with Crippen molar-refractivity contribution in [2.45, 2.75) is 51.1 Å². The Hall–Kier alpha value is -2.71. The molecule has 174 valence electrons. The molecule has 1 saturated carbocycles. The van der Waals surface area contributed by atoms with Gasteiger partial charge in [0.15, 0.2) is 0 Å². The molecule has 1 aliphatic heterocycles. The van der Waals surface area contributed by atoms with E-state index in [9.17, 15) is 4.79 Å². The number of hydrogen-bond donors (Lipinski definition) is 3. The smallest absolute Gasteiger partial charge is 0.224 e. The van der Waals surface area contributed by atoms with Gasteiger partial charge in [0.25, 0.3) is 0 Å². The third kappa shape index (κ3) is 4.96. The number of halogens is 1. The molecule has 5 rings (SSSR count). The molecule has 1 unspecified atom stereocenters. The third-order valence-electron chi connectivity index (χ3n) is 6.92. The molecule has 1 aliphatic carbocycles. The molecule has 1 amide bonds. The number of pyridine rings is 1. The van der Waals surface area contributed by atoms with Gasteiger partial charge in [-0.25, -0.2) is 15.0 Å². The Morgan fingerprint density at radius 1 is 1.21 bits per heavy atom. The number of rotatable bonds is 6. The number of carbonyl (C=O) groups excluding carboxylic acids is 1. The van der Waals surface area contributed by atoms with Crippen molar-refractivity contribution in [3.8, 4) is 11.3 Å². The lowest BCUT2D eigenvalue weighted by molar-refractivity contribution is -0.125. The highest BCUT2D eigenvalue weighted by Gasteiger charge is 2.30. The SMILES string of the molecule is CCN1CCC(C(=O)N[C@H]2CC[C@H](Nc3nc(Cl)cc(-c4c[nH]c5ncccc45)n3)CC2)C1. The van der Waals surface area contributed by atoms with E-state index in [1.807, 2.05) is 18.3 Å². The predicted octanol–water partition coefficient (Wildman–Crippen LogP) is 3.85. The number of nitrogens with one attached hydrogen (secondary N) is 3. The van der Waals surface area contributed by atoms with Gasteiger partial charge in [-0.05, 0) is 57.3 Å². The second-order valence-electron chi connectivity index (χ2n) is 9.08. The molecule has 3 aromatic rings. The molecule has 2 aliphatic rings. The van der Waals surface area contributed by atoms with Gasteiger partial charge in [-0.3, -0.25) is 4.79 Å². The van der Waals surface area contributed by atoms with Crippen molar-refractivity contribution < 1.29 is 4.79 Å². The van der Waals surface area contributed by atoms with Gasteiger partial charge in [0.05, 0.1) is 11.6 Å². The van der Waals surface area contributed by atoms with E-state index in [2.05, 4.69) is 37.4 Å². The topological polar surface area (TPSA) is 98.8 Å². The van der Waals surface area contributed by atoms with Gasteiger partial charge in [-0.1, -0.05) is 18.5 Å². The first kappa shape index (κ1) is 22.1. The second-order valence-corrected chi connectivity index (χ2v) is 9.47. The lowest BCUT2D eigenvalue weighted by atomic mass is 9.90. The highest BCUT2D eigenvalue weighted by Crippen LogP contribution is 2.29. The van der Waals surface area contributed by atoms with Gasteiger partial charge < -0.3 is 20.5 Å². The minimum absolute atomic E-state index is 0.138. The molecular formula is C24H30ClN7O. The number of aromatic amines is 1. The van der Waals surface area contributed by atoms with E-state index in [0.717, 1.165) is 74.0 Å². The zero-order valence-corrected chi connectivity index (χ0v) is 19.6. The molecule has 1 atom stereocenters. The molecule has 2 fully saturated rings. The molecular weight excluding hydrogens is 438 g/mol. The van der Waals surface area contributed by atoms with Crippen molar-refractivity contribution in [1.82, 2.24) is 30.2 Å². The van der Waals surface area contributed by atoms with Crippen LogP contribution in [0.5, 0.6) is 0 Å². The van der Waals surface area contributed by atoms with Crippen molar-refractivity contribution in [1.29, 1.82) is 0 Å². The van der Waals surface area contributed by atoms with Crippen LogP contribution in [0.25, 0.3) is 22.3 Å². The number of amides is 1. The van der Waals surface area contributed by atoms with Gasteiger partial charge in [-0.2, -0.15) is 0 Å². The van der Waals surface area contributed by atoms with Crippen LogP contribution in [0.15, 0.2) is 30.6 Å². The summed E-state index contributed by atoms with van der Waals surface area (Å²) in [5.74, 6) is 0.894. The van der Waals surface area contributed by atoms with E-state index in [1.165, 1.54) is 0 Å². The first-order valence-electron chi connectivity index (χ1n) is 11.9. The Kier molecular flexibility index (Phi) is 6.46. The van der Waals surface area contributed by atoms with Crippen molar-refractivity contribution in [2.75, 3.05) is 25.0 Å². The fraction of sp³-hybridized carbons (Fsp3) is 0.500. The van der Waals surface area contributed by atoms with E-state index < -0.39 is 0 Å². The molecule has 33 heavy (non-hydrogen) atoms. The van der Waals surface area contributed by atoms with Crippen molar-refractivity contribution in [3.05, 3.63) is 35.7 Å². The molecule has 0 bridgehead atoms. The maximum atomic E-state index is 12.6. The van der Waals surface area contributed by atoms with Gasteiger partial charge in [0, 0.05) is 48.0 Å². The first-order chi connectivity index (χ1) is 16.1. The normalized spacial score (nSPS) is 23.6.